The van der Waals surface area contributed by atoms with Crippen LogP contribution < -0.4 is 0 Å². The van der Waals surface area contributed by atoms with E-state index in [1.807, 2.05) is 54.7 Å². The highest BCUT2D eigenvalue weighted by atomic mass is 14.7. The SMILES string of the molecule is C(#Cc1ccc(-c2cccc(-c3ccccn3)c2)cc1)c1ccccc1. The van der Waals surface area contributed by atoms with Crippen LogP contribution in [0.1, 0.15) is 11.1 Å². The van der Waals surface area contributed by atoms with Crippen molar-refractivity contribution in [3.8, 4) is 34.2 Å². The van der Waals surface area contributed by atoms with Gasteiger partial charge in [-0.1, -0.05) is 66.4 Å². The number of hydrogen-bond donors (Lipinski definition) is 0. The van der Waals surface area contributed by atoms with Gasteiger partial charge in [-0.3, -0.25) is 4.98 Å². The zero-order chi connectivity index (χ0) is 17.6. The van der Waals surface area contributed by atoms with Crippen LogP contribution in [0.4, 0.5) is 0 Å². The lowest BCUT2D eigenvalue weighted by Crippen LogP contribution is -1.84. The summed E-state index contributed by atoms with van der Waals surface area (Å²) in [5.41, 5.74) is 6.50. The molecule has 1 heteroatoms. The zero-order valence-electron chi connectivity index (χ0n) is 14.3. The molecular formula is C25H17N. The van der Waals surface area contributed by atoms with E-state index in [1.54, 1.807) is 0 Å². The summed E-state index contributed by atoms with van der Waals surface area (Å²) < 4.78 is 0. The van der Waals surface area contributed by atoms with Gasteiger partial charge in [0.05, 0.1) is 5.69 Å². The van der Waals surface area contributed by atoms with Crippen LogP contribution in [0.2, 0.25) is 0 Å². The third-order valence-electron chi connectivity index (χ3n) is 4.17. The van der Waals surface area contributed by atoms with Gasteiger partial charge in [0.15, 0.2) is 0 Å². The van der Waals surface area contributed by atoms with Crippen LogP contribution in [-0.2, 0) is 0 Å². The average Bonchev–Trinajstić information content (AvgIpc) is 2.74. The summed E-state index contributed by atoms with van der Waals surface area (Å²) in [6, 6.07) is 32.8. The highest BCUT2D eigenvalue weighted by molar-refractivity contribution is 5.71. The highest BCUT2D eigenvalue weighted by Gasteiger charge is 2.02. The molecule has 4 rings (SSSR count). The predicted molar refractivity (Wildman–Crippen MR) is 108 cm³/mol. The van der Waals surface area contributed by atoms with Gasteiger partial charge in [-0.2, -0.15) is 0 Å². The maximum absolute atomic E-state index is 4.43. The van der Waals surface area contributed by atoms with Gasteiger partial charge in [0.25, 0.3) is 0 Å². The summed E-state index contributed by atoms with van der Waals surface area (Å²) in [5.74, 6) is 6.41. The van der Waals surface area contributed by atoms with Crippen LogP contribution in [0.5, 0.6) is 0 Å². The quantitative estimate of drug-likeness (QED) is 0.422. The fraction of sp³-hybridized carbons (Fsp3) is 0. The van der Waals surface area contributed by atoms with Crippen LogP contribution >= 0.6 is 0 Å². The molecule has 0 aliphatic carbocycles. The second-order valence-electron chi connectivity index (χ2n) is 5.99. The Morgan fingerprint density at radius 3 is 1.92 bits per heavy atom. The van der Waals surface area contributed by atoms with E-state index in [1.165, 1.54) is 11.1 Å². The number of nitrogens with zero attached hydrogens (tertiary/aromatic N) is 1. The molecule has 26 heavy (non-hydrogen) atoms. The molecule has 4 aromatic rings. The van der Waals surface area contributed by atoms with Crippen molar-refractivity contribution in [1.82, 2.24) is 4.98 Å². The second kappa shape index (κ2) is 7.51. The first-order valence-electron chi connectivity index (χ1n) is 8.57. The summed E-state index contributed by atoms with van der Waals surface area (Å²) in [6.45, 7) is 0. The molecule has 0 bridgehead atoms. The van der Waals surface area contributed by atoms with Crippen molar-refractivity contribution in [3.05, 3.63) is 114 Å². The standard InChI is InChI=1S/C25H17N/c1-2-7-20(8-3-1)12-13-21-14-16-22(17-15-21)23-9-6-10-24(19-23)25-11-4-5-18-26-25/h1-11,14-19H. The monoisotopic (exact) mass is 331 g/mol. The van der Waals surface area contributed by atoms with E-state index >= 15 is 0 Å². The molecule has 0 fully saturated rings. The van der Waals surface area contributed by atoms with Crippen molar-refractivity contribution in [3.63, 3.8) is 0 Å². The number of hydrogen-bond acceptors (Lipinski definition) is 1. The fourth-order valence-corrected chi connectivity index (χ4v) is 2.80. The molecule has 0 amide bonds. The Morgan fingerprint density at radius 1 is 0.500 bits per heavy atom. The molecule has 0 aliphatic rings. The Bertz CT molecular complexity index is 1050. The van der Waals surface area contributed by atoms with Crippen LogP contribution in [-0.4, -0.2) is 4.98 Å². The summed E-state index contributed by atoms with van der Waals surface area (Å²) in [7, 11) is 0. The van der Waals surface area contributed by atoms with Crippen LogP contribution in [0.15, 0.2) is 103 Å². The summed E-state index contributed by atoms with van der Waals surface area (Å²) in [5, 5.41) is 0. The van der Waals surface area contributed by atoms with E-state index in [-0.39, 0.29) is 0 Å². The number of rotatable bonds is 2. The Morgan fingerprint density at radius 2 is 1.19 bits per heavy atom. The van der Waals surface area contributed by atoms with Gasteiger partial charge in [-0.25, -0.2) is 0 Å². The van der Waals surface area contributed by atoms with Gasteiger partial charge < -0.3 is 0 Å². The van der Waals surface area contributed by atoms with Crippen LogP contribution in [0.25, 0.3) is 22.4 Å². The minimum Gasteiger partial charge on any atom is -0.256 e. The molecule has 0 saturated carbocycles. The van der Waals surface area contributed by atoms with Gasteiger partial charge in [0.1, 0.15) is 0 Å². The molecule has 3 aromatic carbocycles. The van der Waals surface area contributed by atoms with Crippen molar-refractivity contribution in [2.24, 2.45) is 0 Å². The Balaban J connectivity index is 1.59. The van der Waals surface area contributed by atoms with Crippen molar-refractivity contribution < 1.29 is 0 Å². The van der Waals surface area contributed by atoms with Gasteiger partial charge in [0, 0.05) is 22.9 Å². The van der Waals surface area contributed by atoms with E-state index in [2.05, 4.69) is 65.4 Å². The van der Waals surface area contributed by atoms with Crippen LogP contribution in [0.3, 0.4) is 0 Å². The van der Waals surface area contributed by atoms with Gasteiger partial charge in [-0.05, 0) is 53.6 Å². The molecule has 1 nitrogen and oxygen atoms in total. The highest BCUT2D eigenvalue weighted by Crippen LogP contribution is 2.25. The predicted octanol–water partition coefficient (Wildman–Crippen LogP) is 5.82. The van der Waals surface area contributed by atoms with E-state index in [0.29, 0.717) is 0 Å². The molecule has 0 N–H and O–H groups in total. The van der Waals surface area contributed by atoms with Gasteiger partial charge in [-0.15, -0.1) is 0 Å². The van der Waals surface area contributed by atoms with E-state index < -0.39 is 0 Å². The Hall–Kier alpha value is -3.63. The number of pyridine rings is 1. The Kier molecular flexibility index (Phi) is 4.58. The number of benzene rings is 3. The van der Waals surface area contributed by atoms with E-state index in [0.717, 1.165) is 22.4 Å². The molecule has 1 aromatic heterocycles. The molecule has 0 radical (unpaired) electrons. The van der Waals surface area contributed by atoms with E-state index in [4.69, 9.17) is 0 Å². The van der Waals surface area contributed by atoms with Crippen LogP contribution in [0, 0.1) is 11.8 Å². The number of aromatic nitrogens is 1. The maximum Gasteiger partial charge on any atom is 0.0702 e. The van der Waals surface area contributed by atoms with Crippen molar-refractivity contribution in [1.29, 1.82) is 0 Å². The first-order valence-corrected chi connectivity index (χ1v) is 8.57. The minimum absolute atomic E-state index is 0.986. The first-order chi connectivity index (χ1) is 12.9. The van der Waals surface area contributed by atoms with Gasteiger partial charge in [0.2, 0.25) is 0 Å². The third-order valence-corrected chi connectivity index (χ3v) is 4.17. The van der Waals surface area contributed by atoms with Crippen molar-refractivity contribution in [2.45, 2.75) is 0 Å². The third kappa shape index (κ3) is 3.71. The lowest BCUT2D eigenvalue weighted by atomic mass is 10.0. The average molecular weight is 331 g/mol. The lowest BCUT2D eigenvalue weighted by Gasteiger charge is -2.05. The molecular weight excluding hydrogens is 314 g/mol. The van der Waals surface area contributed by atoms with Crippen molar-refractivity contribution >= 4 is 0 Å². The summed E-state index contributed by atoms with van der Waals surface area (Å²) >= 11 is 0. The van der Waals surface area contributed by atoms with Crippen molar-refractivity contribution in [2.75, 3.05) is 0 Å². The second-order valence-corrected chi connectivity index (χ2v) is 5.99. The first kappa shape index (κ1) is 15.9. The molecule has 122 valence electrons. The molecule has 0 atom stereocenters. The minimum atomic E-state index is 0.986. The summed E-state index contributed by atoms with van der Waals surface area (Å²) in [6.07, 6.45) is 1.82. The lowest BCUT2D eigenvalue weighted by molar-refractivity contribution is 1.33. The summed E-state index contributed by atoms with van der Waals surface area (Å²) in [4.78, 5) is 4.43. The normalized spacial score (nSPS) is 10.0. The maximum atomic E-state index is 4.43. The van der Waals surface area contributed by atoms with E-state index in [9.17, 15) is 0 Å². The molecule has 0 saturated heterocycles. The molecule has 0 spiro atoms. The molecule has 1 heterocycles. The molecule has 0 aliphatic heterocycles. The fourth-order valence-electron chi connectivity index (χ4n) is 2.80. The zero-order valence-corrected chi connectivity index (χ0v) is 14.3. The Labute approximate surface area is 154 Å². The largest absolute Gasteiger partial charge is 0.256 e. The smallest absolute Gasteiger partial charge is 0.0702 e. The molecule has 0 unspecified atom stereocenters. The topological polar surface area (TPSA) is 12.9 Å². The van der Waals surface area contributed by atoms with Gasteiger partial charge >= 0.3 is 0 Å².